The number of nitrogens with zero attached hydrogens (tertiary/aromatic N) is 6. The molecule has 1 heterocycles. The molecule has 3 aromatic rings. The molecule has 0 fully saturated rings. The van der Waals surface area contributed by atoms with Gasteiger partial charge in [-0.1, -0.05) is 64.4 Å². The van der Waals surface area contributed by atoms with E-state index in [0.29, 0.717) is 28.7 Å². The Balaban J connectivity index is 0.000000378. The van der Waals surface area contributed by atoms with Crippen LogP contribution in [0, 0.1) is 11.5 Å². The number of benzene rings is 2. The molecule has 44 heavy (non-hydrogen) atoms. The van der Waals surface area contributed by atoms with E-state index >= 15 is 0 Å². The molecule has 0 bridgehead atoms. The summed E-state index contributed by atoms with van der Waals surface area (Å²) in [4.78, 5) is 31.4. The zero-order valence-electron chi connectivity index (χ0n) is 24.6. The molecule has 0 saturated carbocycles. The first-order valence-electron chi connectivity index (χ1n) is 12.8. The van der Waals surface area contributed by atoms with Gasteiger partial charge in [0.15, 0.2) is 5.71 Å². The smallest absolute Gasteiger partial charge is 0.416 e. The molecule has 1 aromatic heterocycles. The number of aliphatic imine (C=N–C) groups is 1. The van der Waals surface area contributed by atoms with Crippen LogP contribution < -0.4 is 0 Å². The molecule has 0 aliphatic heterocycles. The maximum Gasteiger partial charge on any atom is 0.416 e. The van der Waals surface area contributed by atoms with Gasteiger partial charge in [-0.3, -0.25) is 0 Å². The molecular weight excluding hydrogens is 601 g/mol. The van der Waals surface area contributed by atoms with Gasteiger partial charge < -0.3 is 19.3 Å². The van der Waals surface area contributed by atoms with E-state index in [-0.39, 0.29) is 23.6 Å². The molecule has 2 aromatic carbocycles. The summed E-state index contributed by atoms with van der Waals surface area (Å²) in [5.41, 5.74) is 1.75. The normalized spacial score (nSPS) is 12.0. The number of pyridine rings is 1. The minimum atomic E-state index is -4.44. The average molecular weight is 631 g/mol. The lowest BCUT2D eigenvalue weighted by Gasteiger charge is -2.17. The van der Waals surface area contributed by atoms with E-state index in [9.17, 15) is 18.0 Å². The molecule has 0 aliphatic rings. The highest BCUT2D eigenvalue weighted by molar-refractivity contribution is 6.43. The van der Waals surface area contributed by atoms with Crippen molar-refractivity contribution in [2.45, 2.75) is 33.2 Å². The predicted octanol–water partition coefficient (Wildman–Crippen LogP) is 6.24. The number of esters is 1. The van der Waals surface area contributed by atoms with Crippen molar-refractivity contribution in [2.24, 2.45) is 15.3 Å². The number of amidine groups is 1. The number of nitriles is 1. The van der Waals surface area contributed by atoms with Crippen molar-refractivity contribution in [3.8, 4) is 6.19 Å². The van der Waals surface area contributed by atoms with E-state index in [0.717, 1.165) is 17.7 Å². The Kier molecular flexibility index (Phi) is 13.8. The Morgan fingerprint density at radius 1 is 1.07 bits per heavy atom. The summed E-state index contributed by atoms with van der Waals surface area (Å²) in [6.07, 6.45) is -0.984. The molecule has 10 nitrogen and oxygen atoms in total. The van der Waals surface area contributed by atoms with E-state index in [4.69, 9.17) is 31.3 Å². The summed E-state index contributed by atoms with van der Waals surface area (Å²) < 4.78 is 43.3. The fourth-order valence-corrected chi connectivity index (χ4v) is 3.59. The zero-order chi connectivity index (χ0) is 32.7. The minimum Gasteiger partial charge on any atom is -0.464 e. The van der Waals surface area contributed by atoms with Gasteiger partial charge in [-0.15, -0.1) is 0 Å². The summed E-state index contributed by atoms with van der Waals surface area (Å²) in [6, 6.07) is 15.2. The zero-order valence-corrected chi connectivity index (χ0v) is 25.3. The molecule has 0 aliphatic carbocycles. The van der Waals surface area contributed by atoms with Crippen molar-refractivity contribution in [3.63, 3.8) is 0 Å². The van der Waals surface area contributed by atoms with Crippen LogP contribution in [-0.4, -0.2) is 54.4 Å². The van der Waals surface area contributed by atoms with Crippen molar-refractivity contribution >= 4 is 34.8 Å². The Labute approximate surface area is 258 Å². The van der Waals surface area contributed by atoms with Gasteiger partial charge in [0.2, 0.25) is 6.19 Å². The Morgan fingerprint density at radius 2 is 1.80 bits per heavy atom. The Hall–Kier alpha value is -4.96. The lowest BCUT2D eigenvalue weighted by molar-refractivity contribution is -0.137. The van der Waals surface area contributed by atoms with E-state index in [1.54, 1.807) is 49.6 Å². The number of hydrogen-bond donors (Lipinski definition) is 0. The summed E-state index contributed by atoms with van der Waals surface area (Å²) in [6.45, 7) is 3.92. The maximum absolute atomic E-state index is 12.9. The van der Waals surface area contributed by atoms with E-state index < -0.39 is 17.7 Å². The molecule has 0 unspecified atom stereocenters. The fraction of sp³-hybridized carbons (Fsp3) is 0.267. The third-order valence-electron chi connectivity index (χ3n) is 5.84. The van der Waals surface area contributed by atoms with Crippen molar-refractivity contribution in [1.82, 2.24) is 9.88 Å². The number of rotatable bonds is 9. The lowest BCUT2D eigenvalue weighted by atomic mass is 10.0. The first-order valence-corrected chi connectivity index (χ1v) is 13.2. The maximum atomic E-state index is 12.9. The van der Waals surface area contributed by atoms with Gasteiger partial charge in [-0.05, 0) is 43.2 Å². The van der Waals surface area contributed by atoms with Crippen LogP contribution in [0.1, 0.15) is 41.7 Å². The van der Waals surface area contributed by atoms with Crippen molar-refractivity contribution in [2.75, 3.05) is 21.3 Å². The van der Waals surface area contributed by atoms with Gasteiger partial charge in [0.25, 0.3) is 0 Å². The first-order chi connectivity index (χ1) is 20.9. The molecule has 0 saturated heterocycles. The minimum absolute atomic E-state index is 0.0484. The average Bonchev–Trinajstić information content (AvgIpc) is 3.01. The van der Waals surface area contributed by atoms with Gasteiger partial charge >= 0.3 is 12.1 Å². The molecule has 0 radical (unpaired) electrons. The summed E-state index contributed by atoms with van der Waals surface area (Å²) >= 11 is 5.67. The molecule has 14 heteroatoms. The second kappa shape index (κ2) is 17.2. The third-order valence-corrected chi connectivity index (χ3v) is 6.06. The van der Waals surface area contributed by atoms with Crippen molar-refractivity contribution < 1.29 is 32.4 Å². The number of carbonyl (C=O) groups is 1. The van der Waals surface area contributed by atoms with Crippen LogP contribution >= 0.6 is 11.6 Å². The highest BCUT2D eigenvalue weighted by atomic mass is 35.5. The highest BCUT2D eigenvalue weighted by Crippen LogP contribution is 2.29. The molecule has 3 rings (SSSR count). The van der Waals surface area contributed by atoms with Gasteiger partial charge in [0, 0.05) is 30.9 Å². The monoisotopic (exact) mass is 630 g/mol. The van der Waals surface area contributed by atoms with Crippen LogP contribution in [0.4, 0.5) is 13.2 Å². The highest BCUT2D eigenvalue weighted by Gasteiger charge is 2.30. The van der Waals surface area contributed by atoms with Gasteiger partial charge in [-0.25, -0.2) is 9.78 Å². The predicted molar refractivity (Wildman–Crippen MR) is 160 cm³/mol. The van der Waals surface area contributed by atoms with E-state index in [1.807, 2.05) is 18.0 Å². The first kappa shape index (κ1) is 35.2. The number of halogens is 4. The number of alkyl halides is 3. The molecule has 0 N–H and O–H groups in total. The number of methoxy groups -OCH3 is 1. The van der Waals surface area contributed by atoms with Crippen molar-refractivity contribution in [1.29, 1.82) is 5.26 Å². The number of ether oxygens (including phenoxy) is 1. The molecular formula is C30H30ClF3N6O4. The molecule has 0 amide bonds. The van der Waals surface area contributed by atoms with Crippen LogP contribution in [0.3, 0.4) is 0 Å². The van der Waals surface area contributed by atoms with Crippen LogP contribution in [-0.2, 0) is 38.5 Å². The summed E-state index contributed by atoms with van der Waals surface area (Å²) in [5.74, 6) is -0.0182. The second-order valence-electron chi connectivity index (χ2n) is 8.90. The Bertz CT molecular complexity index is 1540. The molecule has 0 atom stereocenters. The topological polar surface area (TPSA) is 122 Å². The van der Waals surface area contributed by atoms with Gasteiger partial charge in [0.1, 0.15) is 24.7 Å². The second-order valence-corrected chi connectivity index (χ2v) is 9.29. The summed E-state index contributed by atoms with van der Waals surface area (Å²) in [7, 11) is 4.38. The standard InChI is InChI=1S/C20H19F3N2O4.C10H11ClN4/c1-13(14-8-6-9-16(11-14)20(21,22)23)24-29-12-15-7-4-5-10-17(15)18(25-28-3)19(26)27-2;1-8(14-7-12)15(2)6-9-3-4-10(11)13-5-9/h4-11H,12H2,1-3H3;3-5H,6H2,1-2H3/b24-13+,25-18+;. The van der Waals surface area contributed by atoms with E-state index in [1.165, 1.54) is 33.3 Å². The van der Waals surface area contributed by atoms with Crippen LogP contribution in [0.5, 0.6) is 0 Å². The number of aromatic nitrogens is 1. The Morgan fingerprint density at radius 3 is 2.41 bits per heavy atom. The van der Waals surface area contributed by atoms with Crippen LogP contribution in [0.2, 0.25) is 5.15 Å². The quantitative estimate of drug-likeness (QED) is 0.0685. The van der Waals surface area contributed by atoms with Crippen molar-refractivity contribution in [3.05, 3.63) is 99.8 Å². The molecule has 232 valence electrons. The third kappa shape index (κ3) is 11.0. The number of carbonyl (C=O) groups excluding carboxylic acids is 1. The van der Waals surface area contributed by atoms with Gasteiger partial charge in [-0.2, -0.15) is 23.4 Å². The lowest BCUT2D eigenvalue weighted by Crippen LogP contribution is -2.23. The SMILES string of the molecule is CC(=NC#N)N(C)Cc1ccc(Cl)nc1.CO/N=C(/C(=O)OC)c1ccccc1CO/N=C(\C)c1cccc(C(F)(F)F)c1. The number of oxime groups is 2. The largest absolute Gasteiger partial charge is 0.464 e. The number of hydrogen-bond acceptors (Lipinski definition) is 9. The van der Waals surface area contributed by atoms with Crippen LogP contribution in [0.25, 0.3) is 0 Å². The summed E-state index contributed by atoms with van der Waals surface area (Å²) in [5, 5.41) is 16.4. The van der Waals surface area contributed by atoms with Crippen LogP contribution in [0.15, 0.2) is 82.2 Å². The van der Waals surface area contributed by atoms with E-state index in [2.05, 4.69) is 20.3 Å². The molecule has 0 spiro atoms. The fourth-order valence-electron chi connectivity index (χ4n) is 3.48. The van der Waals surface area contributed by atoms with Gasteiger partial charge in [0.05, 0.1) is 18.4 Å².